The number of hydrogen-bond acceptors (Lipinski definition) is 4. The standard InChI is InChI=1S/C12H12Cl2FN3O2S/c1-7-2-8(5-18(7)6-16)17-21(19,20)12-4-9(13)11(15)3-10(12)14/h3-4,7-8,17H,2,5H2,1H3. The van der Waals surface area contributed by atoms with Gasteiger partial charge in [0.2, 0.25) is 10.0 Å². The van der Waals surface area contributed by atoms with Crippen molar-refractivity contribution < 1.29 is 12.8 Å². The summed E-state index contributed by atoms with van der Waals surface area (Å²) in [4.78, 5) is 1.21. The molecule has 1 aliphatic heterocycles. The van der Waals surface area contributed by atoms with Gasteiger partial charge in [0.25, 0.3) is 0 Å². The molecule has 2 unspecified atom stereocenters. The summed E-state index contributed by atoms with van der Waals surface area (Å²) in [6.45, 7) is 2.11. The fraction of sp³-hybridized carbons (Fsp3) is 0.417. The molecule has 2 atom stereocenters. The molecule has 114 valence electrons. The van der Waals surface area contributed by atoms with Crippen LogP contribution in [0.1, 0.15) is 13.3 Å². The van der Waals surface area contributed by atoms with Crippen LogP contribution in [0, 0.1) is 17.3 Å². The van der Waals surface area contributed by atoms with E-state index in [2.05, 4.69) is 4.72 Å². The third-order valence-electron chi connectivity index (χ3n) is 3.29. The average Bonchev–Trinajstić information content (AvgIpc) is 2.72. The van der Waals surface area contributed by atoms with Crippen molar-refractivity contribution in [1.29, 1.82) is 5.26 Å². The van der Waals surface area contributed by atoms with Gasteiger partial charge in [0.15, 0.2) is 6.19 Å². The Kier molecular flexibility index (Phi) is 4.63. The lowest BCUT2D eigenvalue weighted by Gasteiger charge is -2.14. The molecule has 1 aliphatic rings. The predicted octanol–water partition coefficient (Wildman–Crippen LogP) is 2.35. The van der Waals surface area contributed by atoms with Crippen LogP contribution in [0.4, 0.5) is 4.39 Å². The van der Waals surface area contributed by atoms with Crippen molar-refractivity contribution >= 4 is 33.2 Å². The van der Waals surface area contributed by atoms with Crippen molar-refractivity contribution in [3.63, 3.8) is 0 Å². The maximum Gasteiger partial charge on any atom is 0.242 e. The molecule has 1 saturated heterocycles. The van der Waals surface area contributed by atoms with Crippen molar-refractivity contribution in [2.45, 2.75) is 30.3 Å². The van der Waals surface area contributed by atoms with Crippen LogP contribution in [0.5, 0.6) is 0 Å². The lowest BCUT2D eigenvalue weighted by Crippen LogP contribution is -2.36. The minimum atomic E-state index is -3.94. The summed E-state index contributed by atoms with van der Waals surface area (Å²) >= 11 is 11.4. The first kappa shape index (κ1) is 16.3. The van der Waals surface area contributed by atoms with E-state index in [0.29, 0.717) is 6.42 Å². The Morgan fingerprint density at radius 3 is 2.67 bits per heavy atom. The average molecular weight is 352 g/mol. The second-order valence-electron chi connectivity index (χ2n) is 4.85. The zero-order chi connectivity index (χ0) is 15.8. The Labute approximate surface area is 132 Å². The SMILES string of the molecule is CC1CC(NS(=O)(=O)c2cc(Cl)c(F)cc2Cl)CN1C#N. The molecule has 0 spiro atoms. The number of likely N-dealkylation sites (tertiary alicyclic amines) is 1. The van der Waals surface area contributed by atoms with E-state index < -0.39 is 21.9 Å². The number of halogens is 3. The Morgan fingerprint density at radius 2 is 2.10 bits per heavy atom. The van der Waals surface area contributed by atoms with Crippen LogP contribution >= 0.6 is 23.2 Å². The van der Waals surface area contributed by atoms with E-state index in [-0.39, 0.29) is 27.5 Å². The van der Waals surface area contributed by atoms with Gasteiger partial charge in [0.1, 0.15) is 10.7 Å². The molecule has 0 aliphatic carbocycles. The van der Waals surface area contributed by atoms with Gasteiger partial charge in [-0.1, -0.05) is 23.2 Å². The zero-order valence-corrected chi connectivity index (χ0v) is 13.3. The molecule has 9 heteroatoms. The summed E-state index contributed by atoms with van der Waals surface area (Å²) in [6, 6.07) is 1.37. The quantitative estimate of drug-likeness (QED) is 0.670. The molecule has 1 N–H and O–H groups in total. The third kappa shape index (κ3) is 3.40. The van der Waals surface area contributed by atoms with Gasteiger partial charge < -0.3 is 4.90 Å². The molecule has 1 aromatic carbocycles. The lowest BCUT2D eigenvalue weighted by molar-refractivity contribution is 0.386. The number of nitriles is 1. The molecule has 0 saturated carbocycles. The highest BCUT2D eigenvalue weighted by Crippen LogP contribution is 2.28. The molecule has 0 aromatic heterocycles. The second-order valence-corrected chi connectivity index (χ2v) is 7.35. The summed E-state index contributed by atoms with van der Waals surface area (Å²) in [5, 5.41) is 8.34. The predicted molar refractivity (Wildman–Crippen MR) is 76.9 cm³/mol. The van der Waals surface area contributed by atoms with Gasteiger partial charge in [0, 0.05) is 18.6 Å². The third-order valence-corrected chi connectivity index (χ3v) is 5.56. The lowest BCUT2D eigenvalue weighted by atomic mass is 10.2. The monoisotopic (exact) mass is 351 g/mol. The maximum atomic E-state index is 13.2. The number of nitrogens with one attached hydrogen (secondary N) is 1. The normalized spacial score (nSPS) is 22.3. The first-order chi connectivity index (χ1) is 9.74. The molecule has 2 rings (SSSR count). The minimum Gasteiger partial charge on any atom is -0.306 e. The number of benzene rings is 1. The second kappa shape index (κ2) is 5.97. The number of nitrogens with zero attached hydrogens (tertiary/aromatic N) is 2. The molecular formula is C12H12Cl2FN3O2S. The summed E-state index contributed by atoms with van der Waals surface area (Å²) < 4.78 is 40.3. The van der Waals surface area contributed by atoms with Crippen LogP contribution in [0.2, 0.25) is 10.0 Å². The number of hydrogen-bond donors (Lipinski definition) is 1. The van der Waals surface area contributed by atoms with Crippen molar-refractivity contribution in [2.75, 3.05) is 6.54 Å². The topological polar surface area (TPSA) is 73.2 Å². The summed E-state index contributed by atoms with van der Waals surface area (Å²) in [6.07, 6.45) is 2.50. The Morgan fingerprint density at radius 1 is 1.43 bits per heavy atom. The van der Waals surface area contributed by atoms with Gasteiger partial charge in [0.05, 0.1) is 10.0 Å². The van der Waals surface area contributed by atoms with Crippen LogP contribution in [0.25, 0.3) is 0 Å². The first-order valence-corrected chi connectivity index (χ1v) is 8.31. The van der Waals surface area contributed by atoms with Crippen LogP contribution in [0.3, 0.4) is 0 Å². The van der Waals surface area contributed by atoms with Gasteiger partial charge >= 0.3 is 0 Å². The van der Waals surface area contributed by atoms with Gasteiger partial charge in [-0.3, -0.25) is 0 Å². The fourth-order valence-electron chi connectivity index (χ4n) is 2.25. The first-order valence-electron chi connectivity index (χ1n) is 6.08. The molecule has 1 heterocycles. The van der Waals surface area contributed by atoms with E-state index in [9.17, 15) is 12.8 Å². The van der Waals surface area contributed by atoms with Crippen molar-refractivity contribution in [2.24, 2.45) is 0 Å². The van der Waals surface area contributed by atoms with Crippen LogP contribution in [0.15, 0.2) is 17.0 Å². The van der Waals surface area contributed by atoms with Crippen molar-refractivity contribution in [1.82, 2.24) is 9.62 Å². The Balaban J connectivity index is 2.24. The van der Waals surface area contributed by atoms with Gasteiger partial charge in [-0.15, -0.1) is 0 Å². The van der Waals surface area contributed by atoms with E-state index >= 15 is 0 Å². The Hall–Kier alpha value is -1.07. The highest BCUT2D eigenvalue weighted by molar-refractivity contribution is 7.89. The van der Waals surface area contributed by atoms with Crippen LogP contribution < -0.4 is 4.72 Å². The van der Waals surface area contributed by atoms with E-state index in [4.69, 9.17) is 28.5 Å². The summed E-state index contributed by atoms with van der Waals surface area (Å²) in [7, 11) is -3.94. The maximum absolute atomic E-state index is 13.2. The summed E-state index contributed by atoms with van der Waals surface area (Å²) in [5.74, 6) is -0.786. The molecule has 21 heavy (non-hydrogen) atoms. The minimum absolute atomic E-state index is 0.0463. The van der Waals surface area contributed by atoms with E-state index in [1.807, 2.05) is 13.1 Å². The smallest absolute Gasteiger partial charge is 0.242 e. The molecular weight excluding hydrogens is 340 g/mol. The van der Waals surface area contributed by atoms with Gasteiger partial charge in [-0.2, -0.15) is 5.26 Å². The molecule has 5 nitrogen and oxygen atoms in total. The largest absolute Gasteiger partial charge is 0.306 e. The molecule has 1 aromatic rings. The fourth-order valence-corrected chi connectivity index (χ4v) is 4.26. The molecule has 1 fully saturated rings. The number of rotatable bonds is 3. The van der Waals surface area contributed by atoms with Gasteiger partial charge in [-0.25, -0.2) is 17.5 Å². The molecule has 0 radical (unpaired) electrons. The highest BCUT2D eigenvalue weighted by Gasteiger charge is 2.32. The van der Waals surface area contributed by atoms with E-state index in [0.717, 1.165) is 12.1 Å². The highest BCUT2D eigenvalue weighted by atomic mass is 35.5. The van der Waals surface area contributed by atoms with Crippen molar-refractivity contribution in [3.05, 3.63) is 28.0 Å². The van der Waals surface area contributed by atoms with E-state index in [1.165, 1.54) is 4.90 Å². The van der Waals surface area contributed by atoms with Crippen LogP contribution in [-0.2, 0) is 10.0 Å². The van der Waals surface area contributed by atoms with Crippen molar-refractivity contribution in [3.8, 4) is 6.19 Å². The summed E-state index contributed by atoms with van der Waals surface area (Å²) in [5.41, 5.74) is 0. The van der Waals surface area contributed by atoms with E-state index in [1.54, 1.807) is 0 Å². The Bertz CT molecular complexity index is 705. The van der Waals surface area contributed by atoms with Gasteiger partial charge in [-0.05, 0) is 25.5 Å². The zero-order valence-electron chi connectivity index (χ0n) is 11.0. The molecule has 0 bridgehead atoms. The van der Waals surface area contributed by atoms with Crippen LogP contribution in [-0.4, -0.2) is 31.9 Å². The number of sulfonamides is 1. The molecule has 0 amide bonds.